The van der Waals surface area contributed by atoms with Gasteiger partial charge in [0, 0.05) is 13.5 Å². The van der Waals surface area contributed by atoms with Gasteiger partial charge in [-0.3, -0.25) is 14.5 Å². The number of ether oxygens (including phenoxy) is 1. The molecule has 0 aliphatic carbocycles. The van der Waals surface area contributed by atoms with E-state index in [-0.39, 0.29) is 18.2 Å². The summed E-state index contributed by atoms with van der Waals surface area (Å²) in [7, 11) is 1.62. The predicted molar refractivity (Wildman–Crippen MR) is 118 cm³/mol. The Balaban J connectivity index is 1.66. The highest BCUT2D eigenvalue weighted by molar-refractivity contribution is 8.15. The Morgan fingerprint density at radius 2 is 1.90 bits per heavy atom. The molecule has 0 spiro atoms. The van der Waals surface area contributed by atoms with Gasteiger partial charge in [-0.1, -0.05) is 35.5 Å². The first kappa shape index (κ1) is 21.9. The van der Waals surface area contributed by atoms with Crippen LogP contribution in [0.5, 0.6) is 0 Å². The van der Waals surface area contributed by atoms with E-state index < -0.39 is 11.2 Å². The lowest BCUT2D eigenvalue weighted by Crippen LogP contribution is -2.30. The molecule has 0 bridgehead atoms. The molecule has 156 valence electrons. The van der Waals surface area contributed by atoms with Gasteiger partial charge in [-0.25, -0.2) is 9.79 Å². The zero-order chi connectivity index (χ0) is 21.7. The Morgan fingerprint density at radius 3 is 2.57 bits per heavy atom. The number of amides is 2. The minimum Gasteiger partial charge on any atom is -0.462 e. The lowest BCUT2D eigenvalue weighted by molar-refractivity contribution is -0.127. The molecule has 0 radical (unpaired) electrons. The van der Waals surface area contributed by atoms with Crippen LogP contribution in [-0.4, -0.2) is 46.8 Å². The van der Waals surface area contributed by atoms with Gasteiger partial charge in [-0.2, -0.15) is 0 Å². The molecule has 30 heavy (non-hydrogen) atoms. The Labute approximate surface area is 183 Å². The van der Waals surface area contributed by atoms with Gasteiger partial charge in [0.15, 0.2) is 5.17 Å². The summed E-state index contributed by atoms with van der Waals surface area (Å²) in [5.74, 6) is -0.901. The van der Waals surface area contributed by atoms with E-state index in [4.69, 9.17) is 16.3 Å². The van der Waals surface area contributed by atoms with Crippen LogP contribution in [0.3, 0.4) is 0 Å². The summed E-state index contributed by atoms with van der Waals surface area (Å²) in [4.78, 5) is 42.5. The summed E-state index contributed by atoms with van der Waals surface area (Å²) in [6.07, 6.45) is -0.000120. The van der Waals surface area contributed by atoms with Crippen LogP contribution >= 0.6 is 23.4 Å². The summed E-state index contributed by atoms with van der Waals surface area (Å²) in [5, 5.41) is 3.07. The number of halogens is 1. The molecule has 2 amide bonds. The van der Waals surface area contributed by atoms with E-state index in [1.54, 1.807) is 62.5 Å². The summed E-state index contributed by atoms with van der Waals surface area (Å²) in [6.45, 7) is 2.05. The van der Waals surface area contributed by atoms with Crippen molar-refractivity contribution in [3.05, 3.63) is 59.1 Å². The summed E-state index contributed by atoms with van der Waals surface area (Å²) >= 11 is 7.28. The van der Waals surface area contributed by atoms with Crippen molar-refractivity contribution < 1.29 is 19.1 Å². The van der Waals surface area contributed by atoms with Crippen LogP contribution in [0.2, 0.25) is 5.02 Å². The van der Waals surface area contributed by atoms with Crippen LogP contribution in [0.1, 0.15) is 23.7 Å². The van der Waals surface area contributed by atoms with Crippen molar-refractivity contribution in [2.24, 2.45) is 4.99 Å². The maximum Gasteiger partial charge on any atom is 0.338 e. The first-order valence-electron chi connectivity index (χ1n) is 9.23. The maximum atomic E-state index is 12.5. The van der Waals surface area contributed by atoms with E-state index in [9.17, 15) is 14.4 Å². The van der Waals surface area contributed by atoms with E-state index in [2.05, 4.69) is 10.3 Å². The second kappa shape index (κ2) is 9.77. The van der Waals surface area contributed by atoms with Crippen molar-refractivity contribution in [2.45, 2.75) is 18.6 Å². The summed E-state index contributed by atoms with van der Waals surface area (Å²) < 4.78 is 4.96. The Kier molecular flexibility index (Phi) is 7.12. The smallest absolute Gasteiger partial charge is 0.338 e. The van der Waals surface area contributed by atoms with Gasteiger partial charge in [-0.05, 0) is 43.3 Å². The number of nitrogens with one attached hydrogen (secondary N) is 1. The van der Waals surface area contributed by atoms with Crippen LogP contribution in [0.25, 0.3) is 0 Å². The largest absolute Gasteiger partial charge is 0.462 e. The molecule has 0 saturated carbocycles. The fraction of sp³-hybridized carbons (Fsp3) is 0.238. The highest BCUT2D eigenvalue weighted by atomic mass is 35.5. The first-order chi connectivity index (χ1) is 14.4. The van der Waals surface area contributed by atoms with Crippen LogP contribution in [0.4, 0.5) is 11.4 Å². The Hall–Kier alpha value is -2.84. The zero-order valence-electron chi connectivity index (χ0n) is 16.4. The number of amidine groups is 1. The Bertz CT molecular complexity index is 994. The number of nitrogens with zero attached hydrogens (tertiary/aromatic N) is 2. The van der Waals surface area contributed by atoms with E-state index >= 15 is 0 Å². The molecule has 7 nitrogen and oxygen atoms in total. The van der Waals surface area contributed by atoms with E-state index in [0.29, 0.717) is 33.7 Å². The number of carbonyl (C=O) groups excluding carboxylic acids is 3. The molecular formula is C21H20ClN3O4S. The lowest BCUT2D eigenvalue weighted by atomic mass is 10.2. The molecule has 1 aliphatic heterocycles. The highest BCUT2D eigenvalue weighted by Crippen LogP contribution is 2.31. The average Bonchev–Trinajstić information content (AvgIpc) is 2.98. The minimum absolute atomic E-state index is 0.000120. The van der Waals surface area contributed by atoms with Crippen LogP contribution in [-0.2, 0) is 14.3 Å². The third kappa shape index (κ3) is 5.20. The number of thioether (sulfide) groups is 1. The molecule has 1 atom stereocenters. The van der Waals surface area contributed by atoms with Gasteiger partial charge in [0.25, 0.3) is 0 Å². The standard InChI is InChI=1S/C21H20ClN3O4S/c1-3-29-20(28)13-8-10-14(11-9-13)23-21-25(2)19(27)17(30-21)12-18(26)24-16-7-5-4-6-15(16)22/h4-11,17H,3,12H2,1-2H3,(H,24,26)/t17-/m0/s1. The quantitative estimate of drug-likeness (QED) is 0.676. The molecule has 9 heteroatoms. The number of rotatable bonds is 6. The minimum atomic E-state index is -0.574. The van der Waals surface area contributed by atoms with Crippen LogP contribution in [0, 0.1) is 0 Å². The number of carbonyl (C=O) groups is 3. The van der Waals surface area contributed by atoms with Gasteiger partial charge >= 0.3 is 5.97 Å². The van der Waals surface area contributed by atoms with Gasteiger partial charge in [0.1, 0.15) is 5.25 Å². The van der Waals surface area contributed by atoms with Crippen molar-refractivity contribution >= 4 is 57.7 Å². The van der Waals surface area contributed by atoms with Crippen molar-refractivity contribution in [1.82, 2.24) is 4.90 Å². The number of para-hydroxylation sites is 1. The number of aliphatic imine (C=N–C) groups is 1. The molecule has 0 unspecified atom stereocenters. The highest BCUT2D eigenvalue weighted by Gasteiger charge is 2.37. The summed E-state index contributed by atoms with van der Waals surface area (Å²) in [6, 6.07) is 13.5. The maximum absolute atomic E-state index is 12.5. The third-order valence-corrected chi connectivity index (χ3v) is 5.82. The number of hydrogen-bond donors (Lipinski definition) is 1. The monoisotopic (exact) mass is 445 g/mol. The number of anilines is 1. The normalized spacial score (nSPS) is 17.3. The van der Waals surface area contributed by atoms with Crippen molar-refractivity contribution in [1.29, 1.82) is 0 Å². The van der Waals surface area contributed by atoms with Crippen LogP contribution in [0.15, 0.2) is 53.5 Å². The molecule has 2 aromatic carbocycles. The van der Waals surface area contributed by atoms with Crippen molar-refractivity contribution in [3.63, 3.8) is 0 Å². The molecule has 1 N–H and O–H groups in total. The summed E-state index contributed by atoms with van der Waals surface area (Å²) in [5.41, 5.74) is 1.52. The van der Waals surface area contributed by atoms with Gasteiger partial charge < -0.3 is 10.1 Å². The molecule has 3 rings (SSSR count). The number of esters is 1. The molecule has 1 saturated heterocycles. The SMILES string of the molecule is CCOC(=O)c1ccc(N=C2S[C@@H](CC(=O)Nc3ccccc3Cl)C(=O)N2C)cc1. The number of hydrogen-bond acceptors (Lipinski definition) is 6. The molecule has 0 aromatic heterocycles. The Morgan fingerprint density at radius 1 is 1.20 bits per heavy atom. The topological polar surface area (TPSA) is 88.1 Å². The fourth-order valence-corrected chi connectivity index (χ4v) is 4.06. The fourth-order valence-electron chi connectivity index (χ4n) is 2.73. The van der Waals surface area contributed by atoms with Crippen LogP contribution < -0.4 is 5.32 Å². The molecule has 1 fully saturated rings. The van der Waals surface area contributed by atoms with Gasteiger partial charge in [0.05, 0.1) is 28.6 Å². The second-order valence-electron chi connectivity index (χ2n) is 6.40. The van der Waals surface area contributed by atoms with Crippen molar-refractivity contribution in [3.8, 4) is 0 Å². The average molecular weight is 446 g/mol. The van der Waals surface area contributed by atoms with E-state index in [1.807, 2.05) is 0 Å². The second-order valence-corrected chi connectivity index (χ2v) is 7.97. The van der Waals surface area contributed by atoms with E-state index in [1.165, 1.54) is 16.7 Å². The third-order valence-electron chi connectivity index (χ3n) is 4.26. The van der Waals surface area contributed by atoms with Gasteiger partial charge in [0.2, 0.25) is 11.8 Å². The first-order valence-corrected chi connectivity index (χ1v) is 10.5. The molecular weight excluding hydrogens is 426 g/mol. The van der Waals surface area contributed by atoms with Crippen molar-refractivity contribution in [2.75, 3.05) is 19.0 Å². The lowest BCUT2D eigenvalue weighted by Gasteiger charge is -2.10. The predicted octanol–water partition coefficient (Wildman–Crippen LogP) is 4.11. The van der Waals surface area contributed by atoms with Gasteiger partial charge in [-0.15, -0.1) is 0 Å². The molecule has 1 heterocycles. The molecule has 1 aliphatic rings. The molecule has 2 aromatic rings. The number of benzene rings is 2. The zero-order valence-corrected chi connectivity index (χ0v) is 18.0. The van der Waals surface area contributed by atoms with E-state index in [0.717, 1.165) is 0 Å².